The van der Waals surface area contributed by atoms with Gasteiger partial charge in [-0.05, 0) is 38.5 Å². The lowest BCUT2D eigenvalue weighted by Gasteiger charge is -2.28. The normalized spacial score (nSPS) is 31.2. The van der Waals surface area contributed by atoms with Gasteiger partial charge in [0.1, 0.15) is 0 Å². The van der Waals surface area contributed by atoms with Crippen molar-refractivity contribution in [1.29, 1.82) is 0 Å². The summed E-state index contributed by atoms with van der Waals surface area (Å²) in [7, 11) is 0. The Morgan fingerprint density at radius 3 is 2.54 bits per heavy atom. The molecule has 0 bridgehead atoms. The number of hydrogen-bond donors (Lipinski definition) is 1. The predicted octanol–water partition coefficient (Wildman–Crippen LogP) is 2.13. The molecule has 0 amide bonds. The summed E-state index contributed by atoms with van der Waals surface area (Å²) in [5.41, 5.74) is 0. The van der Waals surface area contributed by atoms with Crippen molar-refractivity contribution in [3.8, 4) is 0 Å². The molecule has 1 N–H and O–H groups in total. The van der Waals surface area contributed by atoms with E-state index >= 15 is 0 Å². The molecule has 1 saturated carbocycles. The summed E-state index contributed by atoms with van der Waals surface area (Å²) in [6.07, 6.45) is 6.76. The third kappa shape index (κ3) is 3.49. The third-order valence-electron chi connectivity index (χ3n) is 2.79. The van der Waals surface area contributed by atoms with Crippen LogP contribution in [0.4, 0.5) is 0 Å². The van der Waals surface area contributed by atoms with Crippen LogP contribution < -0.4 is 0 Å². The fourth-order valence-corrected chi connectivity index (χ4v) is 1.81. The zero-order valence-corrected chi connectivity index (χ0v) is 8.41. The molecule has 1 unspecified atom stereocenters. The zero-order valence-electron chi connectivity index (χ0n) is 8.41. The quantitative estimate of drug-likeness (QED) is 0.678. The molecule has 0 aromatic carbocycles. The van der Waals surface area contributed by atoms with Gasteiger partial charge in [-0.15, -0.1) is 6.58 Å². The maximum Gasteiger partial charge on any atom is 0.0728 e. The second-order valence-corrected chi connectivity index (χ2v) is 3.90. The molecule has 0 aliphatic heterocycles. The highest BCUT2D eigenvalue weighted by Crippen LogP contribution is 2.26. The monoisotopic (exact) mass is 184 g/mol. The first kappa shape index (κ1) is 10.7. The predicted molar refractivity (Wildman–Crippen MR) is 53.6 cm³/mol. The van der Waals surface area contributed by atoms with Crippen molar-refractivity contribution >= 4 is 0 Å². The molecule has 76 valence electrons. The van der Waals surface area contributed by atoms with E-state index in [9.17, 15) is 0 Å². The van der Waals surface area contributed by atoms with Crippen LogP contribution in [-0.4, -0.2) is 23.9 Å². The van der Waals surface area contributed by atoms with Crippen molar-refractivity contribution in [1.82, 2.24) is 0 Å². The lowest BCUT2D eigenvalue weighted by atomic mass is 9.88. The van der Waals surface area contributed by atoms with E-state index in [0.29, 0.717) is 18.6 Å². The highest BCUT2D eigenvalue weighted by Gasteiger charge is 2.21. The van der Waals surface area contributed by atoms with Gasteiger partial charge in [-0.25, -0.2) is 0 Å². The van der Waals surface area contributed by atoms with Gasteiger partial charge in [0, 0.05) is 6.61 Å². The molecule has 1 atom stereocenters. The van der Waals surface area contributed by atoms with E-state index in [4.69, 9.17) is 9.84 Å². The van der Waals surface area contributed by atoms with Crippen LogP contribution in [0.5, 0.6) is 0 Å². The van der Waals surface area contributed by atoms with Gasteiger partial charge in [0.15, 0.2) is 0 Å². The SMILES string of the molecule is C=CC(C)OC1CCC(CO)CC1. The van der Waals surface area contributed by atoms with Gasteiger partial charge < -0.3 is 9.84 Å². The van der Waals surface area contributed by atoms with Crippen molar-refractivity contribution in [2.24, 2.45) is 5.92 Å². The number of rotatable bonds is 4. The number of ether oxygens (including phenoxy) is 1. The van der Waals surface area contributed by atoms with E-state index in [2.05, 4.69) is 6.58 Å². The molecule has 1 rings (SSSR count). The molecule has 0 aromatic heterocycles. The van der Waals surface area contributed by atoms with Crippen LogP contribution in [0.2, 0.25) is 0 Å². The summed E-state index contributed by atoms with van der Waals surface area (Å²) in [5, 5.41) is 8.95. The number of aliphatic hydroxyl groups excluding tert-OH is 1. The van der Waals surface area contributed by atoms with Crippen molar-refractivity contribution in [3.63, 3.8) is 0 Å². The molecular formula is C11H20O2. The van der Waals surface area contributed by atoms with Gasteiger partial charge in [0.25, 0.3) is 0 Å². The molecule has 2 nitrogen and oxygen atoms in total. The molecule has 1 fully saturated rings. The Bertz CT molecular complexity index is 148. The van der Waals surface area contributed by atoms with Crippen LogP contribution in [0.1, 0.15) is 32.6 Å². The Kier molecular flexibility index (Phi) is 4.46. The van der Waals surface area contributed by atoms with Crippen LogP contribution in [0.25, 0.3) is 0 Å². The maximum absolute atomic E-state index is 8.95. The standard InChI is InChI=1S/C11H20O2/c1-3-9(2)13-11-6-4-10(8-12)5-7-11/h3,9-12H,1,4-8H2,2H3. The fraction of sp³-hybridized carbons (Fsp3) is 0.818. The van der Waals surface area contributed by atoms with Crippen LogP contribution in [0, 0.1) is 5.92 Å². The minimum Gasteiger partial charge on any atom is -0.396 e. The Balaban J connectivity index is 2.21. The lowest BCUT2D eigenvalue weighted by molar-refractivity contribution is -0.0120. The first-order valence-electron chi connectivity index (χ1n) is 5.15. The Labute approximate surface area is 80.6 Å². The van der Waals surface area contributed by atoms with E-state index in [1.54, 1.807) is 0 Å². The van der Waals surface area contributed by atoms with E-state index in [1.807, 2.05) is 13.0 Å². The van der Waals surface area contributed by atoms with Gasteiger partial charge in [0.2, 0.25) is 0 Å². The molecule has 13 heavy (non-hydrogen) atoms. The smallest absolute Gasteiger partial charge is 0.0728 e. The van der Waals surface area contributed by atoms with Crippen LogP contribution in [-0.2, 0) is 4.74 Å². The Morgan fingerprint density at radius 1 is 1.46 bits per heavy atom. The maximum atomic E-state index is 8.95. The van der Waals surface area contributed by atoms with Gasteiger partial charge in [-0.1, -0.05) is 6.08 Å². The van der Waals surface area contributed by atoms with Crippen molar-refractivity contribution in [3.05, 3.63) is 12.7 Å². The minimum atomic E-state index is 0.163. The molecular weight excluding hydrogens is 164 g/mol. The fourth-order valence-electron chi connectivity index (χ4n) is 1.81. The summed E-state index contributed by atoms with van der Waals surface area (Å²) in [6.45, 7) is 6.05. The van der Waals surface area contributed by atoms with E-state index in [1.165, 1.54) is 0 Å². The molecule has 0 radical (unpaired) electrons. The molecule has 2 heteroatoms. The second kappa shape index (κ2) is 5.40. The Morgan fingerprint density at radius 2 is 2.08 bits per heavy atom. The van der Waals surface area contributed by atoms with Crippen LogP contribution in [0.15, 0.2) is 12.7 Å². The van der Waals surface area contributed by atoms with Gasteiger partial charge in [0.05, 0.1) is 12.2 Å². The molecule has 0 heterocycles. The molecule has 1 aliphatic carbocycles. The van der Waals surface area contributed by atoms with Gasteiger partial charge in [-0.2, -0.15) is 0 Å². The van der Waals surface area contributed by atoms with Crippen LogP contribution in [0.3, 0.4) is 0 Å². The average Bonchev–Trinajstić information content (AvgIpc) is 2.19. The van der Waals surface area contributed by atoms with E-state index < -0.39 is 0 Å². The van der Waals surface area contributed by atoms with Crippen molar-refractivity contribution in [2.75, 3.05) is 6.61 Å². The molecule has 0 spiro atoms. The summed E-state index contributed by atoms with van der Waals surface area (Å²) >= 11 is 0. The summed E-state index contributed by atoms with van der Waals surface area (Å²) in [5.74, 6) is 0.513. The Hall–Kier alpha value is -0.340. The summed E-state index contributed by atoms with van der Waals surface area (Å²) in [4.78, 5) is 0. The van der Waals surface area contributed by atoms with E-state index in [0.717, 1.165) is 25.7 Å². The highest BCUT2D eigenvalue weighted by molar-refractivity contribution is 4.79. The first-order valence-corrected chi connectivity index (χ1v) is 5.15. The van der Waals surface area contributed by atoms with E-state index in [-0.39, 0.29) is 6.10 Å². The molecule has 1 aliphatic rings. The van der Waals surface area contributed by atoms with Crippen molar-refractivity contribution < 1.29 is 9.84 Å². The second-order valence-electron chi connectivity index (χ2n) is 3.90. The minimum absolute atomic E-state index is 0.163. The van der Waals surface area contributed by atoms with Gasteiger partial charge >= 0.3 is 0 Å². The first-order chi connectivity index (χ1) is 6.26. The zero-order chi connectivity index (χ0) is 9.68. The largest absolute Gasteiger partial charge is 0.396 e. The highest BCUT2D eigenvalue weighted by atomic mass is 16.5. The number of hydrogen-bond acceptors (Lipinski definition) is 2. The average molecular weight is 184 g/mol. The third-order valence-corrected chi connectivity index (χ3v) is 2.79. The topological polar surface area (TPSA) is 29.5 Å². The lowest BCUT2D eigenvalue weighted by Crippen LogP contribution is -2.25. The van der Waals surface area contributed by atoms with Crippen molar-refractivity contribution in [2.45, 2.75) is 44.8 Å². The molecule has 0 aromatic rings. The summed E-state index contributed by atoms with van der Waals surface area (Å²) in [6, 6.07) is 0. The van der Waals surface area contributed by atoms with Crippen LogP contribution >= 0.6 is 0 Å². The van der Waals surface area contributed by atoms with Gasteiger partial charge in [-0.3, -0.25) is 0 Å². The molecule has 0 saturated heterocycles. The summed E-state index contributed by atoms with van der Waals surface area (Å²) < 4.78 is 5.73. The number of aliphatic hydroxyl groups is 1.